The van der Waals surface area contributed by atoms with Gasteiger partial charge >= 0.3 is 0 Å². The highest BCUT2D eigenvalue weighted by Gasteiger charge is 2.26. The normalized spacial score (nSPS) is 15.8. The third kappa shape index (κ3) is 3.77. The number of benzene rings is 2. The van der Waals surface area contributed by atoms with Crippen LogP contribution in [0.1, 0.15) is 37.7 Å². The zero-order valence-electron chi connectivity index (χ0n) is 20.3. The summed E-state index contributed by atoms with van der Waals surface area (Å²) < 4.78 is 1.57. The highest BCUT2D eigenvalue weighted by atomic mass is 16.2. The van der Waals surface area contributed by atoms with Crippen molar-refractivity contribution in [3.05, 3.63) is 76.2 Å². The largest absolute Gasteiger partial charge is 0.383 e. The van der Waals surface area contributed by atoms with Gasteiger partial charge in [-0.05, 0) is 61.5 Å². The lowest BCUT2D eigenvalue weighted by atomic mass is 10.0. The summed E-state index contributed by atoms with van der Waals surface area (Å²) in [7, 11) is 2.07. The highest BCUT2D eigenvalue weighted by Crippen LogP contribution is 2.30. The molecule has 2 aliphatic rings. The van der Waals surface area contributed by atoms with Gasteiger partial charge in [0.2, 0.25) is 0 Å². The van der Waals surface area contributed by atoms with E-state index in [2.05, 4.69) is 27.0 Å². The summed E-state index contributed by atoms with van der Waals surface area (Å²) in [6.07, 6.45) is 3.89. The summed E-state index contributed by atoms with van der Waals surface area (Å²) in [4.78, 5) is 38.1. The van der Waals surface area contributed by atoms with Crippen LogP contribution in [0.4, 0.5) is 5.82 Å². The van der Waals surface area contributed by atoms with E-state index in [-0.39, 0.29) is 11.7 Å². The predicted octanol–water partition coefficient (Wildman–Crippen LogP) is 2.85. The first-order valence-electron chi connectivity index (χ1n) is 12.0. The molecular formula is C27H27N7O2. The van der Waals surface area contributed by atoms with Crippen LogP contribution in [0.25, 0.3) is 22.8 Å². The number of amides is 1. The third-order valence-electron chi connectivity index (χ3n) is 7.07. The summed E-state index contributed by atoms with van der Waals surface area (Å²) >= 11 is 0. The van der Waals surface area contributed by atoms with Crippen molar-refractivity contribution < 1.29 is 9.59 Å². The minimum Gasteiger partial charge on any atom is -0.383 e. The first-order valence-corrected chi connectivity index (χ1v) is 12.0. The number of hydrogen-bond donors (Lipinski definition) is 2. The number of carbonyl (C=O) groups excluding carboxylic acids is 2. The Kier molecular flexibility index (Phi) is 5.22. The number of fused-ring (bicyclic) bond motifs is 2. The molecule has 3 heterocycles. The second-order valence-electron chi connectivity index (χ2n) is 9.56. The maximum atomic E-state index is 13.4. The third-order valence-corrected chi connectivity index (χ3v) is 7.07. The fraction of sp³-hybridized carbons (Fsp3) is 0.259. The predicted molar refractivity (Wildman–Crippen MR) is 138 cm³/mol. The van der Waals surface area contributed by atoms with Crippen LogP contribution in [0.2, 0.25) is 0 Å². The Morgan fingerprint density at radius 3 is 2.67 bits per heavy atom. The van der Waals surface area contributed by atoms with E-state index in [4.69, 9.17) is 5.73 Å². The molecular weight excluding hydrogens is 454 g/mol. The van der Waals surface area contributed by atoms with E-state index in [1.54, 1.807) is 4.68 Å². The number of aromatic amines is 1. The van der Waals surface area contributed by atoms with Gasteiger partial charge in [0.15, 0.2) is 5.78 Å². The average molecular weight is 482 g/mol. The van der Waals surface area contributed by atoms with E-state index in [0.717, 1.165) is 59.9 Å². The zero-order chi connectivity index (χ0) is 25.0. The second-order valence-corrected chi connectivity index (χ2v) is 9.56. The van der Waals surface area contributed by atoms with Crippen LogP contribution in [0.3, 0.4) is 0 Å². The molecule has 0 spiro atoms. The number of H-pyrrole nitrogens is 1. The standard InChI is InChI=1S/C27H27N7O2/c1-16-30-23-6-5-21(14-24(23)31-16)34-26(28)22(15-29-34)25(35)20-11-17-3-4-18(12-19(17)13-20)27(36)33-9-7-32(2)8-10-33/h3-6,12-15H,7-11,28H2,1-2H3,(H,30,31). The number of Topliss-reactive ketones (excluding diaryl/α,β-unsaturated/α-hetero) is 1. The molecule has 4 aromatic rings. The molecule has 1 amide bonds. The zero-order valence-corrected chi connectivity index (χ0v) is 20.3. The lowest BCUT2D eigenvalue weighted by molar-refractivity contribution is 0.0664. The van der Waals surface area contributed by atoms with E-state index >= 15 is 0 Å². The first-order chi connectivity index (χ1) is 17.4. The van der Waals surface area contributed by atoms with Gasteiger partial charge < -0.3 is 20.5 Å². The molecule has 3 N–H and O–H groups in total. The number of rotatable bonds is 4. The second kappa shape index (κ2) is 8.46. The van der Waals surface area contributed by atoms with Crippen LogP contribution in [-0.4, -0.2) is 74.5 Å². The topological polar surface area (TPSA) is 113 Å². The number of ketones is 1. The van der Waals surface area contributed by atoms with Crippen molar-refractivity contribution in [2.24, 2.45) is 0 Å². The van der Waals surface area contributed by atoms with Crippen LogP contribution in [0.15, 0.2) is 48.2 Å². The number of anilines is 1. The molecule has 1 aliphatic heterocycles. The SMILES string of the molecule is Cc1nc2ccc(-n3ncc(C(=O)C4=Cc5cc(C(=O)N6CCN(C)CC6)ccc5C4)c3N)cc2[nH]1. The molecule has 0 bridgehead atoms. The molecule has 2 aromatic carbocycles. The number of nitrogens with two attached hydrogens (primary N) is 1. The van der Waals surface area contributed by atoms with Crippen molar-refractivity contribution >= 4 is 34.6 Å². The molecule has 0 radical (unpaired) electrons. The number of nitrogens with zero attached hydrogens (tertiary/aromatic N) is 5. The summed E-state index contributed by atoms with van der Waals surface area (Å²) in [5, 5.41) is 4.39. The number of imidazole rings is 1. The van der Waals surface area contributed by atoms with Crippen molar-refractivity contribution in [1.82, 2.24) is 29.5 Å². The van der Waals surface area contributed by atoms with Crippen molar-refractivity contribution in [3.63, 3.8) is 0 Å². The van der Waals surface area contributed by atoms with Crippen LogP contribution < -0.4 is 5.73 Å². The maximum absolute atomic E-state index is 13.4. The maximum Gasteiger partial charge on any atom is 0.253 e. The van der Waals surface area contributed by atoms with Crippen LogP contribution in [0.5, 0.6) is 0 Å². The summed E-state index contributed by atoms with van der Waals surface area (Å²) in [5.41, 5.74) is 12.5. The summed E-state index contributed by atoms with van der Waals surface area (Å²) in [6.45, 7) is 5.10. The van der Waals surface area contributed by atoms with Gasteiger partial charge in [-0.25, -0.2) is 9.67 Å². The Balaban J connectivity index is 1.24. The number of nitrogen functional groups attached to an aromatic ring is 1. The lowest BCUT2D eigenvalue weighted by Crippen LogP contribution is -2.47. The first kappa shape index (κ1) is 22.2. The fourth-order valence-electron chi connectivity index (χ4n) is 4.97. The lowest BCUT2D eigenvalue weighted by Gasteiger charge is -2.32. The highest BCUT2D eigenvalue weighted by molar-refractivity contribution is 6.15. The average Bonchev–Trinajstić information content (AvgIpc) is 3.58. The van der Waals surface area contributed by atoms with Gasteiger partial charge in [0.1, 0.15) is 11.6 Å². The Hall–Kier alpha value is -4.24. The Morgan fingerprint density at radius 2 is 1.86 bits per heavy atom. The number of piperazine rings is 1. The Morgan fingerprint density at radius 1 is 1.06 bits per heavy atom. The van der Waals surface area contributed by atoms with Crippen LogP contribution >= 0.6 is 0 Å². The summed E-state index contributed by atoms with van der Waals surface area (Å²) in [6, 6.07) is 11.4. The number of carbonyl (C=O) groups is 2. The number of aromatic nitrogens is 4. The van der Waals surface area contributed by atoms with E-state index in [1.807, 2.05) is 54.3 Å². The molecule has 2 aromatic heterocycles. The molecule has 1 aliphatic carbocycles. The van der Waals surface area contributed by atoms with E-state index in [9.17, 15) is 9.59 Å². The molecule has 0 unspecified atom stereocenters. The Labute approximate surface area is 208 Å². The Bertz CT molecular complexity index is 1550. The molecule has 36 heavy (non-hydrogen) atoms. The van der Waals surface area contributed by atoms with Gasteiger partial charge in [0.05, 0.1) is 28.5 Å². The molecule has 182 valence electrons. The molecule has 9 heteroatoms. The number of likely N-dealkylation sites (N-methyl/N-ethyl adjacent to an activating group) is 1. The minimum absolute atomic E-state index is 0.0361. The van der Waals surface area contributed by atoms with Crippen LogP contribution in [0, 0.1) is 6.92 Å². The van der Waals surface area contributed by atoms with Crippen molar-refractivity contribution in [3.8, 4) is 5.69 Å². The quantitative estimate of drug-likeness (QED) is 0.434. The number of allylic oxidation sites excluding steroid dienone is 1. The minimum atomic E-state index is -0.152. The smallest absolute Gasteiger partial charge is 0.253 e. The van der Waals surface area contributed by atoms with Gasteiger partial charge in [-0.2, -0.15) is 5.10 Å². The number of nitrogens with one attached hydrogen (secondary N) is 1. The van der Waals surface area contributed by atoms with Gasteiger partial charge in [-0.3, -0.25) is 9.59 Å². The number of hydrogen-bond acceptors (Lipinski definition) is 6. The molecule has 9 nitrogen and oxygen atoms in total. The molecule has 0 atom stereocenters. The molecule has 1 saturated heterocycles. The van der Waals surface area contributed by atoms with E-state index in [1.165, 1.54) is 6.20 Å². The van der Waals surface area contributed by atoms with E-state index < -0.39 is 0 Å². The van der Waals surface area contributed by atoms with Crippen molar-refractivity contribution in [2.75, 3.05) is 39.0 Å². The van der Waals surface area contributed by atoms with Crippen molar-refractivity contribution in [2.45, 2.75) is 13.3 Å². The molecule has 0 saturated carbocycles. The van der Waals surface area contributed by atoms with Gasteiger partial charge in [-0.1, -0.05) is 6.07 Å². The number of aryl methyl sites for hydroxylation is 1. The van der Waals surface area contributed by atoms with Gasteiger partial charge in [-0.15, -0.1) is 0 Å². The van der Waals surface area contributed by atoms with Gasteiger partial charge in [0, 0.05) is 43.7 Å². The molecule has 1 fully saturated rings. The fourth-order valence-corrected chi connectivity index (χ4v) is 4.97. The monoisotopic (exact) mass is 481 g/mol. The summed E-state index contributed by atoms with van der Waals surface area (Å²) in [5.74, 6) is 1.00. The molecule has 6 rings (SSSR count). The van der Waals surface area contributed by atoms with Crippen molar-refractivity contribution in [1.29, 1.82) is 0 Å². The van der Waals surface area contributed by atoms with Gasteiger partial charge in [0.25, 0.3) is 5.91 Å². The van der Waals surface area contributed by atoms with E-state index in [0.29, 0.717) is 28.9 Å². The van der Waals surface area contributed by atoms with Crippen LogP contribution in [-0.2, 0) is 6.42 Å².